The van der Waals surface area contributed by atoms with E-state index >= 15 is 0 Å². The summed E-state index contributed by atoms with van der Waals surface area (Å²) in [4.78, 5) is 4.37. The highest BCUT2D eigenvalue weighted by atomic mass is 16.5. The van der Waals surface area contributed by atoms with Gasteiger partial charge >= 0.3 is 0 Å². The summed E-state index contributed by atoms with van der Waals surface area (Å²) in [6, 6.07) is 10.9. The minimum Gasteiger partial charge on any atom is -0.508 e. The molecule has 18 heavy (non-hydrogen) atoms. The number of pyridine rings is 1. The van der Waals surface area contributed by atoms with E-state index in [9.17, 15) is 5.11 Å². The summed E-state index contributed by atoms with van der Waals surface area (Å²) in [6.07, 6.45) is 3.52. The van der Waals surface area contributed by atoms with Crippen molar-refractivity contribution in [3.05, 3.63) is 60.8 Å². The van der Waals surface area contributed by atoms with Gasteiger partial charge in [-0.2, -0.15) is 0 Å². The van der Waals surface area contributed by atoms with Gasteiger partial charge < -0.3 is 9.84 Å². The first-order chi connectivity index (χ1) is 8.79. The van der Waals surface area contributed by atoms with Crippen LogP contribution < -0.4 is 0 Å². The molecule has 0 bridgehead atoms. The molecule has 3 nitrogen and oxygen atoms in total. The predicted molar refractivity (Wildman–Crippen MR) is 71.2 cm³/mol. The molecule has 0 aliphatic rings. The average Bonchev–Trinajstić information content (AvgIpc) is 2.41. The van der Waals surface area contributed by atoms with Gasteiger partial charge in [-0.05, 0) is 35.9 Å². The van der Waals surface area contributed by atoms with Crippen molar-refractivity contribution >= 4 is 0 Å². The first-order valence-corrected chi connectivity index (χ1v) is 5.72. The molecule has 0 fully saturated rings. The molecule has 0 aliphatic carbocycles. The van der Waals surface area contributed by atoms with Crippen LogP contribution in [0.2, 0.25) is 0 Å². The van der Waals surface area contributed by atoms with E-state index in [0.717, 1.165) is 16.8 Å². The number of rotatable bonds is 5. The van der Waals surface area contributed by atoms with Gasteiger partial charge in [0, 0.05) is 11.8 Å². The number of hydrogen-bond acceptors (Lipinski definition) is 3. The minimum atomic E-state index is 0.258. The molecule has 1 heterocycles. The van der Waals surface area contributed by atoms with Gasteiger partial charge in [-0.15, -0.1) is 6.58 Å². The quantitative estimate of drug-likeness (QED) is 0.646. The molecule has 2 aromatic rings. The number of hydrogen-bond donors (Lipinski definition) is 1. The van der Waals surface area contributed by atoms with E-state index in [4.69, 9.17) is 4.74 Å². The molecule has 0 unspecified atom stereocenters. The number of aromatic nitrogens is 1. The van der Waals surface area contributed by atoms with E-state index in [2.05, 4.69) is 11.6 Å². The topological polar surface area (TPSA) is 42.4 Å². The fourth-order valence-corrected chi connectivity index (χ4v) is 1.57. The van der Waals surface area contributed by atoms with Crippen LogP contribution >= 0.6 is 0 Å². The molecule has 1 aromatic heterocycles. The Morgan fingerprint density at radius 2 is 1.94 bits per heavy atom. The molecule has 0 aliphatic heterocycles. The Balaban J connectivity index is 2.07. The van der Waals surface area contributed by atoms with Crippen LogP contribution in [0.1, 0.15) is 5.56 Å². The summed E-state index contributed by atoms with van der Waals surface area (Å²) >= 11 is 0. The number of phenolic OH excluding ortho intramolecular Hbond substituents is 1. The van der Waals surface area contributed by atoms with Crippen LogP contribution in [0.3, 0.4) is 0 Å². The number of nitrogens with zero attached hydrogens (tertiary/aromatic N) is 1. The SMILES string of the molecule is C=CCOCc1ccc(-c2ccc(O)cc2)nc1. The van der Waals surface area contributed by atoms with Gasteiger partial charge in [0.05, 0.1) is 18.9 Å². The lowest BCUT2D eigenvalue weighted by Crippen LogP contribution is -1.93. The van der Waals surface area contributed by atoms with Crippen LogP contribution in [0.25, 0.3) is 11.3 Å². The van der Waals surface area contributed by atoms with Gasteiger partial charge in [0.1, 0.15) is 5.75 Å². The van der Waals surface area contributed by atoms with Gasteiger partial charge in [-0.25, -0.2) is 0 Å². The van der Waals surface area contributed by atoms with Crippen molar-refractivity contribution in [3.63, 3.8) is 0 Å². The van der Waals surface area contributed by atoms with E-state index in [0.29, 0.717) is 13.2 Å². The average molecular weight is 241 g/mol. The third kappa shape index (κ3) is 3.18. The largest absolute Gasteiger partial charge is 0.508 e. The maximum Gasteiger partial charge on any atom is 0.115 e. The lowest BCUT2D eigenvalue weighted by molar-refractivity contribution is 0.148. The Labute approximate surface area is 106 Å². The number of phenols is 1. The van der Waals surface area contributed by atoms with Crippen LogP contribution in [0.4, 0.5) is 0 Å². The Bertz CT molecular complexity index is 503. The molecule has 3 heteroatoms. The van der Waals surface area contributed by atoms with E-state index in [1.54, 1.807) is 24.4 Å². The van der Waals surface area contributed by atoms with Gasteiger partial charge in [-0.1, -0.05) is 12.1 Å². The minimum absolute atomic E-state index is 0.258. The first kappa shape index (κ1) is 12.3. The standard InChI is InChI=1S/C15H15NO2/c1-2-9-18-11-12-3-8-15(16-10-12)13-4-6-14(17)7-5-13/h2-8,10,17H,1,9,11H2. The highest BCUT2D eigenvalue weighted by molar-refractivity contribution is 5.59. The van der Waals surface area contributed by atoms with E-state index in [1.165, 1.54) is 0 Å². The highest BCUT2D eigenvalue weighted by Crippen LogP contribution is 2.20. The predicted octanol–water partition coefficient (Wildman–Crippen LogP) is 3.16. The molecule has 2 rings (SSSR count). The van der Waals surface area contributed by atoms with Crippen molar-refractivity contribution in [1.82, 2.24) is 4.98 Å². The fourth-order valence-electron chi connectivity index (χ4n) is 1.57. The van der Waals surface area contributed by atoms with Gasteiger partial charge in [-0.3, -0.25) is 4.98 Å². The van der Waals surface area contributed by atoms with Gasteiger partial charge in [0.2, 0.25) is 0 Å². The smallest absolute Gasteiger partial charge is 0.115 e. The Hall–Kier alpha value is -2.13. The molecule has 0 atom stereocenters. The van der Waals surface area contributed by atoms with E-state index < -0.39 is 0 Å². The summed E-state index contributed by atoms with van der Waals surface area (Å²) in [7, 11) is 0. The van der Waals surface area contributed by atoms with Gasteiger partial charge in [0.15, 0.2) is 0 Å². The molecule has 1 aromatic carbocycles. The summed E-state index contributed by atoms with van der Waals surface area (Å²) in [5.41, 5.74) is 2.88. The molecule has 0 spiro atoms. The van der Waals surface area contributed by atoms with Crippen molar-refractivity contribution in [2.45, 2.75) is 6.61 Å². The second kappa shape index (κ2) is 5.98. The zero-order valence-corrected chi connectivity index (χ0v) is 10.0. The Morgan fingerprint density at radius 3 is 2.56 bits per heavy atom. The third-order valence-corrected chi connectivity index (χ3v) is 2.49. The summed E-state index contributed by atoms with van der Waals surface area (Å²) < 4.78 is 5.34. The zero-order valence-electron chi connectivity index (χ0n) is 10.0. The highest BCUT2D eigenvalue weighted by Gasteiger charge is 2.00. The normalized spacial score (nSPS) is 10.2. The molecular weight excluding hydrogens is 226 g/mol. The second-order valence-corrected chi connectivity index (χ2v) is 3.90. The Kier molecular flexibility index (Phi) is 4.10. The summed E-state index contributed by atoms with van der Waals surface area (Å²) in [5, 5.41) is 9.22. The van der Waals surface area contributed by atoms with Crippen molar-refractivity contribution < 1.29 is 9.84 Å². The first-order valence-electron chi connectivity index (χ1n) is 5.72. The maximum atomic E-state index is 9.22. The van der Waals surface area contributed by atoms with Crippen molar-refractivity contribution in [2.75, 3.05) is 6.61 Å². The maximum absolute atomic E-state index is 9.22. The van der Waals surface area contributed by atoms with Crippen molar-refractivity contribution in [2.24, 2.45) is 0 Å². The van der Waals surface area contributed by atoms with Crippen molar-refractivity contribution in [1.29, 1.82) is 0 Å². The third-order valence-electron chi connectivity index (χ3n) is 2.49. The summed E-state index contributed by atoms with van der Waals surface area (Å²) in [6.45, 7) is 4.67. The van der Waals surface area contributed by atoms with Crippen LogP contribution in [0, 0.1) is 0 Å². The van der Waals surface area contributed by atoms with Crippen LogP contribution in [0.15, 0.2) is 55.3 Å². The zero-order chi connectivity index (χ0) is 12.8. The Morgan fingerprint density at radius 1 is 1.17 bits per heavy atom. The van der Waals surface area contributed by atoms with Crippen LogP contribution in [-0.4, -0.2) is 16.7 Å². The second-order valence-electron chi connectivity index (χ2n) is 3.90. The summed E-state index contributed by atoms with van der Waals surface area (Å²) in [5.74, 6) is 0.258. The molecule has 1 N–H and O–H groups in total. The van der Waals surface area contributed by atoms with Gasteiger partial charge in [0.25, 0.3) is 0 Å². The number of ether oxygens (including phenoxy) is 1. The molecule has 0 amide bonds. The molecule has 92 valence electrons. The van der Waals surface area contributed by atoms with Crippen molar-refractivity contribution in [3.8, 4) is 17.0 Å². The molecule has 0 saturated carbocycles. The van der Waals surface area contributed by atoms with Crippen LogP contribution in [0.5, 0.6) is 5.75 Å². The lowest BCUT2D eigenvalue weighted by atomic mass is 10.1. The molecule has 0 saturated heterocycles. The molecule has 0 radical (unpaired) electrons. The lowest BCUT2D eigenvalue weighted by Gasteiger charge is -2.04. The number of aromatic hydroxyl groups is 1. The van der Waals surface area contributed by atoms with E-state index in [1.807, 2.05) is 24.3 Å². The number of benzene rings is 1. The monoisotopic (exact) mass is 241 g/mol. The fraction of sp³-hybridized carbons (Fsp3) is 0.133. The van der Waals surface area contributed by atoms with Crippen LogP contribution in [-0.2, 0) is 11.3 Å². The van der Waals surface area contributed by atoms with E-state index in [-0.39, 0.29) is 5.75 Å². The molecular formula is C15H15NO2.